The molecular formula is C31H40N8O5S. The number of primary amides is 1. The van der Waals surface area contributed by atoms with Crippen molar-refractivity contribution in [1.82, 2.24) is 14.9 Å². The molecule has 0 spiro atoms. The van der Waals surface area contributed by atoms with Crippen molar-refractivity contribution in [3.8, 4) is 0 Å². The van der Waals surface area contributed by atoms with Crippen LogP contribution in [0.5, 0.6) is 0 Å². The van der Waals surface area contributed by atoms with Gasteiger partial charge in [-0.1, -0.05) is 60.7 Å². The van der Waals surface area contributed by atoms with Gasteiger partial charge in [-0.15, -0.1) is 0 Å². The van der Waals surface area contributed by atoms with Crippen LogP contribution in [0.15, 0.2) is 94.8 Å². The van der Waals surface area contributed by atoms with Gasteiger partial charge < -0.3 is 33.6 Å². The second kappa shape index (κ2) is 16.3. The van der Waals surface area contributed by atoms with Crippen LogP contribution in [-0.2, 0) is 30.8 Å². The highest BCUT2D eigenvalue weighted by molar-refractivity contribution is 7.89. The lowest BCUT2D eigenvalue weighted by molar-refractivity contribution is -0.132. The first kappa shape index (κ1) is 34.7. The van der Waals surface area contributed by atoms with E-state index in [1.54, 1.807) is 72.8 Å². The summed E-state index contributed by atoms with van der Waals surface area (Å²) in [7, 11) is -2.85. The van der Waals surface area contributed by atoms with Gasteiger partial charge in [0, 0.05) is 7.05 Å². The summed E-state index contributed by atoms with van der Waals surface area (Å²) < 4.78 is 28.2. The van der Waals surface area contributed by atoms with E-state index < -0.39 is 45.9 Å². The third-order valence-corrected chi connectivity index (χ3v) is 8.92. The molecular weight excluding hydrogens is 596 g/mol. The maximum absolute atomic E-state index is 14.0. The molecule has 10 N–H and O–H groups in total. The predicted octanol–water partition coefficient (Wildman–Crippen LogP) is 0.780. The Kier molecular flexibility index (Phi) is 12.6. The fourth-order valence-corrected chi connectivity index (χ4v) is 6.01. The van der Waals surface area contributed by atoms with Crippen LogP contribution in [0.25, 0.3) is 0 Å². The Bertz CT molecular complexity index is 1580. The van der Waals surface area contributed by atoms with Gasteiger partial charge in [-0.25, -0.2) is 13.4 Å². The molecule has 0 saturated carbocycles. The van der Waals surface area contributed by atoms with Crippen LogP contribution in [0.1, 0.15) is 36.4 Å². The monoisotopic (exact) mass is 636 g/mol. The zero-order chi connectivity index (χ0) is 33.0. The third kappa shape index (κ3) is 9.86. The van der Waals surface area contributed by atoms with Crippen LogP contribution < -0.4 is 33.6 Å². The van der Waals surface area contributed by atoms with Gasteiger partial charge >= 0.3 is 0 Å². The highest BCUT2D eigenvalue weighted by Gasteiger charge is 2.35. The van der Waals surface area contributed by atoms with Gasteiger partial charge in [0.1, 0.15) is 18.1 Å². The zero-order valence-electron chi connectivity index (χ0n) is 25.0. The number of unbranched alkanes of at least 4 members (excludes halogenated alkanes) is 1. The molecule has 3 amide bonds. The van der Waals surface area contributed by atoms with Crippen LogP contribution in [0.4, 0.5) is 5.69 Å². The number of carbonyl (C=O) groups excluding carboxylic acids is 3. The molecule has 3 rings (SSSR count). The van der Waals surface area contributed by atoms with Crippen molar-refractivity contribution in [3.63, 3.8) is 0 Å². The molecule has 0 fully saturated rings. The largest absolute Gasteiger partial charge is 0.370 e. The second-order valence-electron chi connectivity index (χ2n) is 10.4. The van der Waals surface area contributed by atoms with E-state index in [2.05, 4.69) is 15.6 Å². The van der Waals surface area contributed by atoms with Crippen molar-refractivity contribution in [1.29, 1.82) is 0 Å². The highest BCUT2D eigenvalue weighted by Crippen LogP contribution is 2.22. The maximum atomic E-state index is 14.0. The number of likely N-dealkylation sites (N-methyl/N-ethyl adjacent to an activating group) is 1. The average Bonchev–Trinajstić information content (AvgIpc) is 3.02. The first-order valence-corrected chi connectivity index (χ1v) is 15.7. The van der Waals surface area contributed by atoms with Crippen molar-refractivity contribution in [2.24, 2.45) is 27.9 Å². The van der Waals surface area contributed by atoms with E-state index in [-0.39, 0.29) is 23.7 Å². The van der Waals surface area contributed by atoms with Crippen LogP contribution in [0, 0.1) is 0 Å². The minimum Gasteiger partial charge on any atom is -0.370 e. The summed E-state index contributed by atoms with van der Waals surface area (Å²) in [6.07, 6.45) is 1.15. The summed E-state index contributed by atoms with van der Waals surface area (Å²) in [6.45, 7) is 0.364. The Labute approximate surface area is 263 Å². The molecule has 0 aliphatic carbocycles. The zero-order valence-corrected chi connectivity index (χ0v) is 25.8. The molecule has 14 heteroatoms. The number of amides is 3. The number of nitrogens with one attached hydrogen (secondary N) is 2. The Morgan fingerprint density at radius 3 is 2.09 bits per heavy atom. The number of aliphatic imine (C=N–C) groups is 1. The van der Waals surface area contributed by atoms with E-state index in [1.165, 1.54) is 19.2 Å². The average molecular weight is 637 g/mol. The molecule has 0 bridgehead atoms. The number of rotatable bonds is 16. The molecule has 0 heterocycles. The number of sulfonamides is 1. The normalized spacial score (nSPS) is 13.3. The minimum absolute atomic E-state index is 0.0102. The first-order chi connectivity index (χ1) is 21.4. The Morgan fingerprint density at radius 1 is 0.844 bits per heavy atom. The quantitative estimate of drug-likeness (QED) is 0.0746. The summed E-state index contributed by atoms with van der Waals surface area (Å²) in [5.74, 6) is -2.34. The van der Waals surface area contributed by atoms with Gasteiger partial charge in [-0.2, -0.15) is 4.31 Å². The number of nitrogens with zero attached hydrogens (tertiary/aromatic N) is 2. The number of guanidine groups is 1. The van der Waals surface area contributed by atoms with E-state index in [9.17, 15) is 22.8 Å². The van der Waals surface area contributed by atoms with Crippen LogP contribution in [0.2, 0.25) is 0 Å². The van der Waals surface area contributed by atoms with Crippen LogP contribution in [-0.4, -0.2) is 62.1 Å². The standard InChI is InChI=1S/C31H40N8O5S/c1-39(45(43,44)24-15-6-3-7-16-24)26(20-21-11-10-14-23(19-21)36-31(34)35)30(42)37-25(17-8-9-18-32)29(41)38-27(28(33)40)22-12-4-2-5-13-22/h2-7,10-16,19,25-27H,8-9,17-18,20,32H2,1H3,(H2,33,40)(H,37,42)(H,38,41)(H4,34,35,36)/t25-,26-,27+/m0/s1. The predicted molar refractivity (Wildman–Crippen MR) is 172 cm³/mol. The number of benzene rings is 3. The number of nitrogens with two attached hydrogens (primary N) is 4. The molecule has 3 atom stereocenters. The molecule has 13 nitrogen and oxygen atoms in total. The van der Waals surface area contributed by atoms with Crippen molar-refractivity contribution < 1.29 is 22.8 Å². The Morgan fingerprint density at radius 2 is 1.49 bits per heavy atom. The minimum atomic E-state index is -4.15. The maximum Gasteiger partial charge on any atom is 0.244 e. The smallest absolute Gasteiger partial charge is 0.244 e. The number of hydrogen-bond acceptors (Lipinski definition) is 7. The third-order valence-electron chi connectivity index (χ3n) is 7.04. The van der Waals surface area contributed by atoms with Gasteiger partial charge in [-0.3, -0.25) is 14.4 Å². The van der Waals surface area contributed by atoms with E-state index in [0.717, 1.165) is 4.31 Å². The molecule has 0 radical (unpaired) electrons. The Hall–Kier alpha value is -4.79. The first-order valence-electron chi connectivity index (χ1n) is 14.3. The summed E-state index contributed by atoms with van der Waals surface area (Å²) in [5.41, 5.74) is 23.8. The second-order valence-corrected chi connectivity index (χ2v) is 12.4. The molecule has 0 saturated heterocycles. The lowest BCUT2D eigenvalue weighted by atomic mass is 10.0. The van der Waals surface area contributed by atoms with Gasteiger partial charge in [0.05, 0.1) is 10.6 Å². The number of carbonyl (C=O) groups is 3. The van der Waals surface area contributed by atoms with Crippen LogP contribution in [0.3, 0.4) is 0 Å². The van der Waals surface area contributed by atoms with E-state index >= 15 is 0 Å². The summed E-state index contributed by atoms with van der Waals surface area (Å²) >= 11 is 0. The lowest BCUT2D eigenvalue weighted by Gasteiger charge is -2.29. The van der Waals surface area contributed by atoms with E-state index in [0.29, 0.717) is 36.2 Å². The van der Waals surface area contributed by atoms with Crippen molar-refractivity contribution in [3.05, 3.63) is 96.1 Å². The van der Waals surface area contributed by atoms with Gasteiger partial charge in [0.2, 0.25) is 27.7 Å². The van der Waals surface area contributed by atoms with E-state index in [4.69, 9.17) is 22.9 Å². The van der Waals surface area contributed by atoms with Crippen molar-refractivity contribution in [2.45, 2.75) is 48.7 Å². The fourth-order valence-electron chi connectivity index (χ4n) is 4.67. The van der Waals surface area contributed by atoms with Gasteiger partial charge in [0.15, 0.2) is 5.96 Å². The molecule has 0 aliphatic rings. The lowest BCUT2D eigenvalue weighted by Crippen LogP contribution is -2.55. The van der Waals surface area contributed by atoms with Crippen LogP contribution >= 0.6 is 0 Å². The molecule has 3 aromatic carbocycles. The van der Waals surface area contributed by atoms with Crippen molar-refractivity contribution >= 4 is 39.4 Å². The number of hydrogen-bond donors (Lipinski definition) is 6. The summed E-state index contributed by atoms with van der Waals surface area (Å²) in [5, 5.41) is 5.36. The van der Waals surface area contributed by atoms with Crippen molar-refractivity contribution in [2.75, 3.05) is 13.6 Å². The summed E-state index contributed by atoms with van der Waals surface area (Å²) in [6, 6.07) is 19.2. The highest BCUT2D eigenvalue weighted by atomic mass is 32.2. The fraction of sp³-hybridized carbons (Fsp3) is 0.290. The molecule has 45 heavy (non-hydrogen) atoms. The SMILES string of the molecule is CN([C@@H](Cc1cccc(N=C(N)N)c1)C(=O)N[C@@H](CCCCN)C(=O)N[C@@H](C(N)=O)c1ccccc1)S(=O)(=O)c1ccccc1. The molecule has 240 valence electrons. The van der Waals surface area contributed by atoms with Gasteiger partial charge in [0.25, 0.3) is 0 Å². The molecule has 3 aromatic rings. The molecule has 0 aromatic heterocycles. The summed E-state index contributed by atoms with van der Waals surface area (Å²) in [4.78, 5) is 43.8. The van der Waals surface area contributed by atoms with Gasteiger partial charge in [-0.05, 0) is 67.6 Å². The Balaban J connectivity index is 1.96. The molecule has 0 aliphatic heterocycles. The topological polar surface area (TPSA) is 229 Å². The van der Waals surface area contributed by atoms with E-state index in [1.807, 2.05) is 0 Å². The molecule has 0 unspecified atom stereocenters.